The van der Waals surface area contributed by atoms with Crippen LogP contribution in [0.1, 0.15) is 0 Å². The molecule has 10 aromatic carbocycles. The van der Waals surface area contributed by atoms with Crippen molar-refractivity contribution in [3.63, 3.8) is 0 Å². The Morgan fingerprint density at radius 2 is 0.811 bits per heavy atom. The number of fused-ring (bicyclic) bond motifs is 9. The molecule has 0 fully saturated rings. The summed E-state index contributed by atoms with van der Waals surface area (Å²) in [5.41, 5.74) is 16.6. The second kappa shape index (κ2) is 10.8. The summed E-state index contributed by atoms with van der Waals surface area (Å²) in [6, 6.07) is 69.6. The van der Waals surface area contributed by atoms with Crippen molar-refractivity contribution in [1.29, 1.82) is 0 Å². The molecule has 2 aliphatic rings. The lowest BCUT2D eigenvalue weighted by molar-refractivity contribution is 1.30. The van der Waals surface area contributed by atoms with Crippen LogP contribution in [0.15, 0.2) is 188 Å². The van der Waals surface area contributed by atoms with Gasteiger partial charge in [-0.2, -0.15) is 0 Å². The van der Waals surface area contributed by atoms with E-state index in [0.29, 0.717) is 0 Å². The summed E-state index contributed by atoms with van der Waals surface area (Å²) >= 11 is 0. The lowest BCUT2D eigenvalue weighted by atomic mass is 9.85. The average Bonchev–Trinajstić information content (AvgIpc) is 3.74. The van der Waals surface area contributed by atoms with Crippen LogP contribution in [-0.2, 0) is 0 Å². The third-order valence-electron chi connectivity index (χ3n) is 11.7. The quantitative estimate of drug-likeness (QED) is 0.169. The zero-order valence-corrected chi connectivity index (χ0v) is 28.8. The van der Waals surface area contributed by atoms with E-state index in [0.717, 1.165) is 11.4 Å². The maximum atomic E-state index is 2.41. The first-order chi connectivity index (χ1) is 26.3. The van der Waals surface area contributed by atoms with Gasteiger partial charge in [0.25, 0.3) is 0 Å². The molecular weight excluding hydrogens is 639 g/mol. The normalized spacial score (nSPS) is 12.2. The monoisotopic (exact) mass is 669 g/mol. The molecule has 0 saturated heterocycles. The number of hydrogen-bond donors (Lipinski definition) is 0. The minimum absolute atomic E-state index is 1.14. The third kappa shape index (κ3) is 3.91. The van der Waals surface area contributed by atoms with Crippen molar-refractivity contribution in [3.05, 3.63) is 188 Å². The number of benzene rings is 10. The Morgan fingerprint density at radius 3 is 1.66 bits per heavy atom. The van der Waals surface area contributed by atoms with E-state index in [1.54, 1.807) is 0 Å². The van der Waals surface area contributed by atoms with Gasteiger partial charge in [0.1, 0.15) is 0 Å². The van der Waals surface area contributed by atoms with Crippen LogP contribution in [0.3, 0.4) is 0 Å². The molecule has 0 saturated carbocycles. The maximum Gasteiger partial charge on any atom is 0.0540 e. The van der Waals surface area contributed by atoms with Gasteiger partial charge >= 0.3 is 0 Å². The molecule has 0 aromatic heterocycles. The molecule has 1 heteroatoms. The van der Waals surface area contributed by atoms with Crippen LogP contribution < -0.4 is 4.90 Å². The van der Waals surface area contributed by atoms with Crippen molar-refractivity contribution in [2.24, 2.45) is 0 Å². The molecule has 10 aromatic rings. The maximum absolute atomic E-state index is 2.41. The molecule has 0 N–H and O–H groups in total. The SMILES string of the molecule is c1ccc(N(c2ccc3c(c2)-c2cccc4c(-c5c6ccccc6c6c7c(cccc57)-c5ccccc5-6)ccc-3c24)c2cccc3ccccc23)cc1. The summed E-state index contributed by atoms with van der Waals surface area (Å²) in [6.45, 7) is 0. The first-order valence-corrected chi connectivity index (χ1v) is 18.4. The van der Waals surface area contributed by atoms with E-state index in [9.17, 15) is 0 Å². The smallest absolute Gasteiger partial charge is 0.0540 e. The molecule has 0 heterocycles. The van der Waals surface area contributed by atoms with Crippen molar-refractivity contribution >= 4 is 60.2 Å². The molecule has 244 valence electrons. The molecule has 12 rings (SSSR count). The summed E-state index contributed by atoms with van der Waals surface area (Å²) in [4.78, 5) is 2.41. The lowest BCUT2D eigenvalue weighted by Gasteiger charge is -2.27. The van der Waals surface area contributed by atoms with Gasteiger partial charge in [0.2, 0.25) is 0 Å². The Balaban J connectivity index is 1.09. The van der Waals surface area contributed by atoms with Gasteiger partial charge in [-0.1, -0.05) is 158 Å². The molecule has 0 amide bonds. The third-order valence-corrected chi connectivity index (χ3v) is 11.7. The summed E-state index contributed by atoms with van der Waals surface area (Å²) in [5, 5.41) is 10.4. The highest BCUT2D eigenvalue weighted by atomic mass is 15.1. The van der Waals surface area contributed by atoms with Crippen LogP contribution in [0.4, 0.5) is 17.1 Å². The fourth-order valence-electron chi connectivity index (χ4n) is 9.57. The van der Waals surface area contributed by atoms with Crippen LogP contribution in [-0.4, -0.2) is 0 Å². The molecule has 0 unspecified atom stereocenters. The standard InChI is InChI=1S/C52H31N/c1-2-15-33(16-3-1)53(48-26-10-14-32-13-4-5-17-35(32)48)34-27-28-37-44-29-30-45(41-23-11-24-43(49(41)44)47(37)31-34)50-40-20-8-9-21-42(40)51-38-19-7-6-18-36(38)39-22-12-25-46(50)52(39)51/h1-31H. The highest BCUT2D eigenvalue weighted by Crippen LogP contribution is 2.56. The predicted molar refractivity (Wildman–Crippen MR) is 225 cm³/mol. The molecule has 0 aliphatic heterocycles. The predicted octanol–water partition coefficient (Wildman–Crippen LogP) is 14.7. The second-order valence-electron chi connectivity index (χ2n) is 14.4. The number of nitrogens with zero attached hydrogens (tertiary/aromatic N) is 1. The van der Waals surface area contributed by atoms with Crippen LogP contribution in [0.2, 0.25) is 0 Å². The minimum Gasteiger partial charge on any atom is -0.310 e. The number of hydrogen-bond acceptors (Lipinski definition) is 1. The van der Waals surface area contributed by atoms with E-state index in [1.165, 1.54) is 104 Å². The van der Waals surface area contributed by atoms with Gasteiger partial charge in [0, 0.05) is 16.8 Å². The largest absolute Gasteiger partial charge is 0.310 e. The van der Waals surface area contributed by atoms with Gasteiger partial charge in [-0.15, -0.1) is 0 Å². The summed E-state index contributed by atoms with van der Waals surface area (Å²) in [5.74, 6) is 0. The van der Waals surface area contributed by atoms with E-state index in [4.69, 9.17) is 0 Å². The summed E-state index contributed by atoms with van der Waals surface area (Å²) in [6.07, 6.45) is 0. The van der Waals surface area contributed by atoms with Gasteiger partial charge in [0.15, 0.2) is 0 Å². The molecule has 0 bridgehead atoms. The molecular formula is C52H31N. The molecule has 0 radical (unpaired) electrons. The number of para-hydroxylation sites is 1. The number of rotatable bonds is 4. The average molecular weight is 670 g/mol. The van der Waals surface area contributed by atoms with E-state index in [2.05, 4.69) is 193 Å². The summed E-state index contributed by atoms with van der Waals surface area (Å²) in [7, 11) is 0. The van der Waals surface area contributed by atoms with Crippen LogP contribution in [0, 0.1) is 0 Å². The first kappa shape index (κ1) is 28.7. The Bertz CT molecular complexity index is 3170. The topological polar surface area (TPSA) is 3.24 Å². The van der Waals surface area contributed by atoms with Gasteiger partial charge in [-0.3, -0.25) is 0 Å². The van der Waals surface area contributed by atoms with E-state index in [1.807, 2.05) is 0 Å². The zero-order valence-electron chi connectivity index (χ0n) is 28.8. The fraction of sp³-hybridized carbons (Fsp3) is 0. The van der Waals surface area contributed by atoms with Crippen LogP contribution in [0.5, 0.6) is 0 Å². The molecule has 0 spiro atoms. The van der Waals surface area contributed by atoms with Gasteiger partial charge in [0.05, 0.1) is 5.69 Å². The van der Waals surface area contributed by atoms with E-state index >= 15 is 0 Å². The fourth-order valence-corrected chi connectivity index (χ4v) is 9.57. The Morgan fingerprint density at radius 1 is 0.264 bits per heavy atom. The highest BCUT2D eigenvalue weighted by molar-refractivity contribution is 6.31. The molecule has 0 atom stereocenters. The minimum atomic E-state index is 1.14. The highest BCUT2D eigenvalue weighted by Gasteiger charge is 2.29. The van der Waals surface area contributed by atoms with Gasteiger partial charge in [-0.25, -0.2) is 0 Å². The van der Waals surface area contributed by atoms with Crippen molar-refractivity contribution in [2.45, 2.75) is 0 Å². The molecule has 53 heavy (non-hydrogen) atoms. The second-order valence-corrected chi connectivity index (χ2v) is 14.4. The Kier molecular flexibility index (Phi) is 5.84. The Hall–Kier alpha value is -6.96. The zero-order chi connectivity index (χ0) is 34.6. The molecule has 1 nitrogen and oxygen atoms in total. The Labute approximate surface area is 307 Å². The molecule has 2 aliphatic carbocycles. The van der Waals surface area contributed by atoms with Crippen molar-refractivity contribution in [1.82, 2.24) is 0 Å². The van der Waals surface area contributed by atoms with Gasteiger partial charge < -0.3 is 4.90 Å². The van der Waals surface area contributed by atoms with Gasteiger partial charge in [-0.05, 0) is 124 Å². The lowest BCUT2D eigenvalue weighted by Crippen LogP contribution is -2.10. The van der Waals surface area contributed by atoms with Crippen molar-refractivity contribution in [3.8, 4) is 55.6 Å². The van der Waals surface area contributed by atoms with Crippen LogP contribution in [0.25, 0.3) is 98.7 Å². The number of anilines is 3. The van der Waals surface area contributed by atoms with E-state index in [-0.39, 0.29) is 0 Å². The van der Waals surface area contributed by atoms with Crippen molar-refractivity contribution < 1.29 is 0 Å². The summed E-state index contributed by atoms with van der Waals surface area (Å²) < 4.78 is 0. The van der Waals surface area contributed by atoms with E-state index < -0.39 is 0 Å². The first-order valence-electron chi connectivity index (χ1n) is 18.4. The van der Waals surface area contributed by atoms with Crippen molar-refractivity contribution in [2.75, 3.05) is 4.90 Å². The van der Waals surface area contributed by atoms with Crippen LogP contribution >= 0.6 is 0 Å².